The van der Waals surface area contributed by atoms with E-state index in [1.165, 1.54) is 11.1 Å². The van der Waals surface area contributed by atoms with Crippen LogP contribution in [0.2, 0.25) is 5.02 Å². The van der Waals surface area contributed by atoms with Crippen LogP contribution in [0.15, 0.2) is 84.9 Å². The minimum absolute atomic E-state index is 0.202. The van der Waals surface area contributed by atoms with E-state index in [1.54, 1.807) is 0 Å². The molecular weight excluding hydrogens is 330 g/mol. The number of hydrogen-bond donors (Lipinski definition) is 0. The maximum atomic E-state index is 6.06. The monoisotopic (exact) mass is 349 g/mol. The molecule has 0 unspecified atom stereocenters. The number of benzene rings is 3. The van der Waals surface area contributed by atoms with E-state index in [9.17, 15) is 0 Å². The van der Waals surface area contributed by atoms with E-state index in [2.05, 4.69) is 65.6 Å². The lowest BCUT2D eigenvalue weighted by Crippen LogP contribution is -2.55. The highest BCUT2D eigenvalue weighted by atomic mass is 35.5. The van der Waals surface area contributed by atoms with Crippen molar-refractivity contribution in [1.29, 1.82) is 0 Å². The maximum absolute atomic E-state index is 6.06. The predicted molar refractivity (Wildman–Crippen MR) is 102 cm³/mol. The Balaban J connectivity index is 1.49. The van der Waals surface area contributed by atoms with Gasteiger partial charge in [0.15, 0.2) is 0 Å². The second kappa shape index (κ2) is 7.30. The van der Waals surface area contributed by atoms with E-state index in [-0.39, 0.29) is 12.1 Å². The summed E-state index contributed by atoms with van der Waals surface area (Å²) in [5, 5.41) is 0.708. The number of halogens is 1. The van der Waals surface area contributed by atoms with E-state index < -0.39 is 0 Å². The molecule has 126 valence electrons. The van der Waals surface area contributed by atoms with Gasteiger partial charge in [0.05, 0.1) is 6.04 Å². The van der Waals surface area contributed by atoms with Crippen molar-refractivity contribution < 1.29 is 4.74 Å². The number of rotatable bonds is 5. The first kappa shape index (κ1) is 16.2. The Bertz CT molecular complexity index is 776. The van der Waals surface area contributed by atoms with Crippen LogP contribution < -0.4 is 4.74 Å². The molecule has 0 amide bonds. The molecule has 4 rings (SSSR count). The van der Waals surface area contributed by atoms with Gasteiger partial charge in [-0.3, -0.25) is 4.90 Å². The molecule has 0 atom stereocenters. The van der Waals surface area contributed by atoms with Crippen LogP contribution in [-0.2, 0) is 0 Å². The number of hydrogen-bond acceptors (Lipinski definition) is 2. The molecule has 1 aliphatic heterocycles. The zero-order valence-electron chi connectivity index (χ0n) is 13.9. The van der Waals surface area contributed by atoms with Gasteiger partial charge in [0.25, 0.3) is 0 Å². The Morgan fingerprint density at radius 3 is 1.96 bits per heavy atom. The van der Waals surface area contributed by atoms with Gasteiger partial charge in [-0.25, -0.2) is 0 Å². The van der Waals surface area contributed by atoms with E-state index in [4.69, 9.17) is 16.3 Å². The van der Waals surface area contributed by atoms with Crippen molar-refractivity contribution in [2.45, 2.75) is 12.1 Å². The van der Waals surface area contributed by atoms with E-state index in [0.29, 0.717) is 5.02 Å². The summed E-state index contributed by atoms with van der Waals surface area (Å²) in [4.78, 5) is 2.46. The normalized spacial score (nSPS) is 15.1. The molecular formula is C22H20ClNO. The van der Waals surface area contributed by atoms with Crippen LogP contribution >= 0.6 is 11.6 Å². The van der Waals surface area contributed by atoms with Crippen LogP contribution in [0.1, 0.15) is 17.2 Å². The van der Waals surface area contributed by atoms with Gasteiger partial charge in [-0.15, -0.1) is 0 Å². The molecule has 0 aliphatic carbocycles. The molecule has 0 saturated carbocycles. The Morgan fingerprint density at radius 2 is 1.40 bits per heavy atom. The fourth-order valence-corrected chi connectivity index (χ4v) is 3.55. The maximum Gasteiger partial charge on any atom is 0.124 e. The summed E-state index contributed by atoms with van der Waals surface area (Å²) in [6.45, 7) is 1.81. The first-order valence-electron chi connectivity index (χ1n) is 8.56. The Morgan fingerprint density at radius 1 is 0.800 bits per heavy atom. The summed E-state index contributed by atoms with van der Waals surface area (Å²) in [6, 6.07) is 29.2. The predicted octanol–water partition coefficient (Wildman–Crippen LogP) is 5.19. The molecule has 3 aromatic carbocycles. The lowest BCUT2D eigenvalue weighted by Gasteiger charge is -2.44. The highest BCUT2D eigenvalue weighted by Gasteiger charge is 2.35. The van der Waals surface area contributed by atoms with Crippen molar-refractivity contribution in [3.8, 4) is 5.75 Å². The third-order valence-electron chi connectivity index (χ3n) is 4.57. The Kier molecular flexibility index (Phi) is 4.73. The van der Waals surface area contributed by atoms with E-state index in [1.807, 2.05) is 24.3 Å². The van der Waals surface area contributed by atoms with Crippen LogP contribution in [0.5, 0.6) is 5.75 Å². The van der Waals surface area contributed by atoms with Crippen LogP contribution in [-0.4, -0.2) is 24.1 Å². The van der Waals surface area contributed by atoms with Crippen molar-refractivity contribution >= 4 is 11.6 Å². The fourth-order valence-electron chi connectivity index (χ4n) is 3.37. The van der Waals surface area contributed by atoms with Gasteiger partial charge < -0.3 is 4.74 Å². The lowest BCUT2D eigenvalue weighted by atomic mass is 9.94. The topological polar surface area (TPSA) is 12.5 Å². The molecule has 0 aromatic heterocycles. The number of likely N-dealkylation sites (tertiary alicyclic amines) is 1. The molecule has 25 heavy (non-hydrogen) atoms. The summed E-state index contributed by atoms with van der Waals surface area (Å²) < 4.78 is 6.06. The highest BCUT2D eigenvalue weighted by Crippen LogP contribution is 2.33. The minimum atomic E-state index is 0.202. The summed E-state index contributed by atoms with van der Waals surface area (Å²) in [6.07, 6.45) is 0.202. The molecule has 0 radical (unpaired) electrons. The van der Waals surface area contributed by atoms with E-state index >= 15 is 0 Å². The van der Waals surface area contributed by atoms with Gasteiger partial charge in [0.2, 0.25) is 0 Å². The largest absolute Gasteiger partial charge is 0.488 e. The molecule has 3 aromatic rings. The molecule has 0 bridgehead atoms. The summed E-state index contributed by atoms with van der Waals surface area (Å²) in [5.74, 6) is 0.841. The number of nitrogens with zero attached hydrogens (tertiary/aromatic N) is 1. The van der Waals surface area contributed by atoms with Gasteiger partial charge in [-0.05, 0) is 29.3 Å². The van der Waals surface area contributed by atoms with Gasteiger partial charge >= 0.3 is 0 Å². The van der Waals surface area contributed by atoms with Crippen LogP contribution in [0, 0.1) is 0 Å². The second-order valence-corrected chi connectivity index (χ2v) is 6.81. The van der Waals surface area contributed by atoms with Gasteiger partial charge in [-0.1, -0.05) is 78.3 Å². The van der Waals surface area contributed by atoms with Crippen LogP contribution in [0.25, 0.3) is 0 Å². The summed E-state index contributed by atoms with van der Waals surface area (Å²) >= 11 is 6.04. The smallest absolute Gasteiger partial charge is 0.124 e. The zero-order chi connectivity index (χ0) is 17.1. The molecule has 1 fully saturated rings. The lowest BCUT2D eigenvalue weighted by molar-refractivity contribution is 0.000297. The summed E-state index contributed by atoms with van der Waals surface area (Å²) in [5.41, 5.74) is 2.63. The molecule has 3 heteroatoms. The Hall–Kier alpha value is -2.29. The zero-order valence-corrected chi connectivity index (χ0v) is 14.6. The molecule has 1 saturated heterocycles. The van der Waals surface area contributed by atoms with Gasteiger partial charge in [-0.2, -0.15) is 0 Å². The van der Waals surface area contributed by atoms with E-state index in [0.717, 1.165) is 18.8 Å². The van der Waals surface area contributed by atoms with Crippen LogP contribution in [0.3, 0.4) is 0 Å². The standard InChI is InChI=1S/C22H20ClNO/c23-19-12-7-13-20(14-19)25-21-15-24(16-21)22(17-8-3-1-4-9-17)18-10-5-2-6-11-18/h1-14,21-22H,15-16H2. The molecule has 0 N–H and O–H groups in total. The quantitative estimate of drug-likeness (QED) is 0.628. The van der Waals surface area contributed by atoms with Gasteiger partial charge in [0.1, 0.15) is 11.9 Å². The average molecular weight is 350 g/mol. The molecule has 1 heterocycles. The van der Waals surface area contributed by atoms with Crippen molar-refractivity contribution in [1.82, 2.24) is 4.90 Å². The summed E-state index contributed by atoms with van der Waals surface area (Å²) in [7, 11) is 0. The van der Waals surface area contributed by atoms with Crippen molar-refractivity contribution in [3.05, 3.63) is 101 Å². The molecule has 0 spiro atoms. The first-order chi connectivity index (χ1) is 12.3. The van der Waals surface area contributed by atoms with Gasteiger partial charge in [0, 0.05) is 18.1 Å². The average Bonchev–Trinajstić information content (AvgIpc) is 2.62. The third kappa shape index (κ3) is 3.71. The number of ether oxygens (including phenoxy) is 1. The minimum Gasteiger partial charge on any atom is -0.488 e. The van der Waals surface area contributed by atoms with Crippen LogP contribution in [0.4, 0.5) is 0 Å². The Labute approximate surface area is 153 Å². The third-order valence-corrected chi connectivity index (χ3v) is 4.81. The van der Waals surface area contributed by atoms with Crippen molar-refractivity contribution in [2.24, 2.45) is 0 Å². The SMILES string of the molecule is Clc1cccc(OC2CN(C(c3ccccc3)c3ccccc3)C2)c1. The van der Waals surface area contributed by atoms with Crippen molar-refractivity contribution in [3.63, 3.8) is 0 Å². The molecule has 2 nitrogen and oxygen atoms in total. The second-order valence-electron chi connectivity index (χ2n) is 6.38. The fraction of sp³-hybridized carbons (Fsp3) is 0.182. The van der Waals surface area contributed by atoms with Crippen molar-refractivity contribution in [2.75, 3.05) is 13.1 Å². The molecule has 1 aliphatic rings. The first-order valence-corrected chi connectivity index (χ1v) is 8.93. The highest BCUT2D eigenvalue weighted by molar-refractivity contribution is 6.30.